The van der Waals surface area contributed by atoms with Gasteiger partial charge >= 0.3 is 0 Å². The largest absolute Gasteiger partial charge is 0.504 e. The molecule has 1 aliphatic heterocycles. The van der Waals surface area contributed by atoms with Crippen molar-refractivity contribution in [3.8, 4) is 17.2 Å². The van der Waals surface area contributed by atoms with Crippen LogP contribution < -0.4 is 9.47 Å². The van der Waals surface area contributed by atoms with Crippen molar-refractivity contribution >= 4 is 44.9 Å². The van der Waals surface area contributed by atoms with Gasteiger partial charge in [-0.3, -0.25) is 14.5 Å². The monoisotopic (exact) mass is 467 g/mol. The van der Waals surface area contributed by atoms with E-state index in [1.165, 1.54) is 37.4 Å². The minimum atomic E-state index is -0.434. The first kappa shape index (κ1) is 20.2. The van der Waals surface area contributed by atoms with Crippen LogP contribution in [0.2, 0.25) is 0 Å². The molecule has 2 aromatic rings. The van der Waals surface area contributed by atoms with Crippen LogP contribution in [0.15, 0.2) is 45.8 Å². The summed E-state index contributed by atoms with van der Waals surface area (Å²) in [6, 6.07) is 8.48. The zero-order valence-electron chi connectivity index (χ0n) is 14.6. The van der Waals surface area contributed by atoms with Gasteiger partial charge in [-0.15, -0.1) is 0 Å². The topological polar surface area (TPSA) is 76.1 Å². The lowest BCUT2D eigenvalue weighted by Crippen LogP contribution is -2.32. The molecule has 1 saturated heterocycles. The van der Waals surface area contributed by atoms with E-state index in [1.807, 2.05) is 0 Å². The molecule has 146 valence electrons. The fraction of sp³-hybridized carbons (Fsp3) is 0.158. The van der Waals surface area contributed by atoms with E-state index in [-0.39, 0.29) is 35.4 Å². The number of rotatable bonds is 6. The molecule has 1 fully saturated rings. The van der Waals surface area contributed by atoms with Crippen molar-refractivity contribution in [2.45, 2.75) is 0 Å². The van der Waals surface area contributed by atoms with Gasteiger partial charge in [-0.2, -0.15) is 0 Å². The quantitative estimate of drug-likeness (QED) is 0.633. The Balaban J connectivity index is 1.69. The van der Waals surface area contributed by atoms with Gasteiger partial charge in [0.15, 0.2) is 11.5 Å². The van der Waals surface area contributed by atoms with E-state index in [4.69, 9.17) is 9.47 Å². The van der Waals surface area contributed by atoms with Gasteiger partial charge in [0, 0.05) is 4.47 Å². The predicted molar refractivity (Wildman–Crippen MR) is 107 cm³/mol. The van der Waals surface area contributed by atoms with Gasteiger partial charge in [-0.05, 0) is 59.8 Å². The van der Waals surface area contributed by atoms with Crippen molar-refractivity contribution in [3.63, 3.8) is 0 Å². The number of hydrogen-bond donors (Lipinski definition) is 1. The molecule has 0 spiro atoms. The zero-order valence-corrected chi connectivity index (χ0v) is 17.0. The predicted octanol–water partition coefficient (Wildman–Crippen LogP) is 4.42. The third-order valence-corrected chi connectivity index (χ3v) is 5.45. The average Bonchev–Trinajstić information content (AvgIpc) is 2.93. The number of thioether (sulfide) groups is 1. The van der Waals surface area contributed by atoms with Crippen LogP contribution in [0, 0.1) is 5.82 Å². The van der Waals surface area contributed by atoms with Crippen molar-refractivity contribution in [1.82, 2.24) is 4.90 Å². The first-order valence-electron chi connectivity index (χ1n) is 8.09. The molecule has 0 radical (unpaired) electrons. The van der Waals surface area contributed by atoms with Crippen LogP contribution in [0.1, 0.15) is 5.56 Å². The summed E-state index contributed by atoms with van der Waals surface area (Å²) in [4.78, 5) is 26.1. The molecule has 0 bridgehead atoms. The third-order valence-electron chi connectivity index (χ3n) is 3.86. The maximum absolute atomic E-state index is 12.9. The van der Waals surface area contributed by atoms with Crippen LogP contribution in [-0.4, -0.2) is 41.4 Å². The molecule has 6 nitrogen and oxygen atoms in total. The molecule has 0 unspecified atom stereocenters. The fourth-order valence-electron chi connectivity index (χ4n) is 2.45. The molecular formula is C19H15BrFNO5S. The Bertz CT molecular complexity index is 948. The number of imide groups is 1. The number of aromatic hydroxyl groups is 1. The van der Waals surface area contributed by atoms with Gasteiger partial charge in [0.1, 0.15) is 18.2 Å². The lowest BCUT2D eigenvalue weighted by molar-refractivity contribution is -0.123. The smallest absolute Gasteiger partial charge is 0.293 e. The van der Waals surface area contributed by atoms with E-state index >= 15 is 0 Å². The SMILES string of the molecule is COc1cc(/C=C2\SC(=O)N(CCOc3ccc(F)cc3)C2=O)c(Br)cc1O. The highest BCUT2D eigenvalue weighted by atomic mass is 79.9. The Labute approximate surface area is 173 Å². The second kappa shape index (κ2) is 8.66. The first-order chi connectivity index (χ1) is 13.4. The molecular weight excluding hydrogens is 453 g/mol. The number of amides is 2. The first-order valence-corrected chi connectivity index (χ1v) is 9.70. The number of ether oxygens (including phenoxy) is 2. The van der Waals surface area contributed by atoms with Gasteiger partial charge in [0.05, 0.1) is 18.6 Å². The van der Waals surface area contributed by atoms with Crippen LogP contribution in [0.5, 0.6) is 17.2 Å². The second-order valence-electron chi connectivity index (χ2n) is 5.68. The molecule has 1 aliphatic rings. The number of nitrogens with zero attached hydrogens (tertiary/aromatic N) is 1. The molecule has 0 aliphatic carbocycles. The maximum atomic E-state index is 12.9. The summed E-state index contributed by atoms with van der Waals surface area (Å²) in [6.07, 6.45) is 1.55. The highest BCUT2D eigenvalue weighted by molar-refractivity contribution is 9.10. The van der Waals surface area contributed by atoms with Crippen LogP contribution in [-0.2, 0) is 4.79 Å². The molecule has 1 heterocycles. The Morgan fingerprint density at radius 2 is 1.96 bits per heavy atom. The second-order valence-corrected chi connectivity index (χ2v) is 7.53. The molecule has 1 N–H and O–H groups in total. The van der Waals surface area contributed by atoms with Gasteiger partial charge in [-0.25, -0.2) is 4.39 Å². The summed E-state index contributed by atoms with van der Waals surface area (Å²) >= 11 is 4.14. The molecule has 0 atom stereocenters. The van der Waals surface area contributed by atoms with E-state index in [1.54, 1.807) is 12.1 Å². The van der Waals surface area contributed by atoms with Crippen LogP contribution in [0.4, 0.5) is 9.18 Å². The minimum absolute atomic E-state index is 0.0439. The Hall–Kier alpha value is -2.52. The summed E-state index contributed by atoms with van der Waals surface area (Å²) in [5, 5.41) is 9.37. The fourth-order valence-corrected chi connectivity index (χ4v) is 3.75. The highest BCUT2D eigenvalue weighted by Crippen LogP contribution is 2.37. The number of carbonyl (C=O) groups excluding carboxylic acids is 2. The number of hydrogen-bond acceptors (Lipinski definition) is 6. The molecule has 2 amide bonds. The van der Waals surface area contributed by atoms with E-state index in [0.717, 1.165) is 16.7 Å². The summed E-state index contributed by atoms with van der Waals surface area (Å²) in [5.74, 6) is -0.153. The number of methoxy groups -OCH3 is 1. The number of halogens is 2. The van der Waals surface area contributed by atoms with E-state index in [2.05, 4.69) is 15.9 Å². The Kier molecular flexibility index (Phi) is 6.25. The normalized spacial score (nSPS) is 15.4. The summed E-state index contributed by atoms with van der Waals surface area (Å²) in [7, 11) is 1.42. The molecule has 2 aromatic carbocycles. The van der Waals surface area contributed by atoms with E-state index in [9.17, 15) is 19.1 Å². The van der Waals surface area contributed by atoms with Crippen LogP contribution >= 0.6 is 27.7 Å². The minimum Gasteiger partial charge on any atom is -0.504 e. The van der Waals surface area contributed by atoms with Gasteiger partial charge < -0.3 is 14.6 Å². The Morgan fingerprint density at radius 3 is 2.64 bits per heavy atom. The van der Waals surface area contributed by atoms with Crippen LogP contribution in [0.3, 0.4) is 0 Å². The average molecular weight is 468 g/mol. The van der Waals surface area contributed by atoms with Crippen molar-refractivity contribution in [2.75, 3.05) is 20.3 Å². The van der Waals surface area contributed by atoms with Gasteiger partial charge in [0.25, 0.3) is 11.1 Å². The van der Waals surface area contributed by atoms with Crippen LogP contribution in [0.25, 0.3) is 6.08 Å². The molecule has 0 aromatic heterocycles. The van der Waals surface area contributed by atoms with Crippen molar-refractivity contribution in [3.05, 3.63) is 57.2 Å². The molecule has 28 heavy (non-hydrogen) atoms. The summed E-state index contributed by atoms with van der Waals surface area (Å²) < 4.78 is 24.0. The number of phenolic OH excluding ortho intramolecular Hbond substituents is 1. The van der Waals surface area contributed by atoms with E-state index < -0.39 is 11.1 Å². The lowest BCUT2D eigenvalue weighted by Gasteiger charge is -2.13. The number of benzene rings is 2. The van der Waals surface area contributed by atoms with Crippen molar-refractivity contribution < 1.29 is 28.6 Å². The number of carbonyl (C=O) groups is 2. The number of phenols is 1. The molecule has 9 heteroatoms. The standard InChI is InChI=1S/C19H15BrFNO5S/c1-26-16-8-11(14(20)10-15(16)23)9-17-18(24)22(19(25)28-17)6-7-27-13-4-2-12(21)3-5-13/h2-5,8-10,23H,6-7H2,1H3/b17-9-. The Morgan fingerprint density at radius 1 is 1.25 bits per heavy atom. The molecule has 3 rings (SSSR count). The lowest BCUT2D eigenvalue weighted by atomic mass is 10.2. The third kappa shape index (κ3) is 4.48. The maximum Gasteiger partial charge on any atom is 0.293 e. The van der Waals surface area contributed by atoms with Crippen molar-refractivity contribution in [2.24, 2.45) is 0 Å². The summed E-state index contributed by atoms with van der Waals surface area (Å²) in [6.45, 7) is 0.160. The zero-order chi connectivity index (χ0) is 20.3. The van der Waals surface area contributed by atoms with E-state index in [0.29, 0.717) is 15.8 Å². The van der Waals surface area contributed by atoms with Crippen molar-refractivity contribution in [1.29, 1.82) is 0 Å². The van der Waals surface area contributed by atoms with Gasteiger partial charge in [0.2, 0.25) is 0 Å². The van der Waals surface area contributed by atoms with Gasteiger partial charge in [-0.1, -0.05) is 15.9 Å². The highest BCUT2D eigenvalue weighted by Gasteiger charge is 2.35. The summed E-state index contributed by atoms with van der Waals surface area (Å²) in [5.41, 5.74) is 0.586. The molecule has 0 saturated carbocycles.